The zero-order valence-corrected chi connectivity index (χ0v) is 17.7. The van der Waals surface area contributed by atoms with Crippen LogP contribution in [0, 0.1) is 0 Å². The molecule has 1 aliphatic rings. The Labute approximate surface area is 180 Å². The van der Waals surface area contributed by atoms with Gasteiger partial charge in [0.05, 0.1) is 18.2 Å². The van der Waals surface area contributed by atoms with Crippen LogP contribution in [-0.4, -0.2) is 37.4 Å². The van der Waals surface area contributed by atoms with Gasteiger partial charge in [-0.2, -0.15) is 9.97 Å². The van der Waals surface area contributed by atoms with E-state index in [2.05, 4.69) is 26.7 Å². The number of ether oxygens (including phenoxy) is 1. The Bertz CT molecular complexity index is 1210. The highest BCUT2D eigenvalue weighted by Crippen LogP contribution is 2.31. The van der Waals surface area contributed by atoms with Crippen LogP contribution in [0.5, 0.6) is 0 Å². The molecule has 2 atom stereocenters. The minimum atomic E-state index is -0.285. The third-order valence-electron chi connectivity index (χ3n) is 4.77. The summed E-state index contributed by atoms with van der Waals surface area (Å²) in [6, 6.07) is 0. The molecule has 0 spiro atoms. The van der Waals surface area contributed by atoms with E-state index in [1.807, 2.05) is 13.0 Å². The van der Waals surface area contributed by atoms with Crippen LogP contribution in [0.25, 0.3) is 10.3 Å². The maximum Gasteiger partial charge on any atom is 0.275 e. The van der Waals surface area contributed by atoms with E-state index in [0.29, 0.717) is 34.2 Å². The molecule has 30 heavy (non-hydrogen) atoms. The molecule has 11 heteroatoms. The largest absolute Gasteiger partial charge is 0.373 e. The van der Waals surface area contributed by atoms with Gasteiger partial charge in [-0.25, -0.2) is 4.98 Å². The van der Waals surface area contributed by atoms with Gasteiger partial charge in [-0.15, -0.1) is 11.3 Å². The molecule has 4 heterocycles. The number of fused-ring (bicyclic) bond motifs is 1. The van der Waals surface area contributed by atoms with Crippen LogP contribution in [0.3, 0.4) is 0 Å². The number of allylic oxidation sites excluding steroid dienone is 3. The van der Waals surface area contributed by atoms with Crippen molar-refractivity contribution in [3.8, 4) is 0 Å². The molecule has 0 aliphatic carbocycles. The van der Waals surface area contributed by atoms with Crippen molar-refractivity contribution in [1.29, 1.82) is 0 Å². The average Bonchev–Trinajstić information content (AvgIpc) is 3.48. The Balaban J connectivity index is 1.46. The topological polar surface area (TPSA) is 122 Å². The molecule has 0 aromatic carbocycles. The Morgan fingerprint density at radius 3 is 3.10 bits per heavy atom. The van der Waals surface area contributed by atoms with Gasteiger partial charge in [-0.3, -0.25) is 9.36 Å². The molecule has 1 fully saturated rings. The molecular weight excluding hydrogens is 428 g/mol. The standard InChI is InChI=1S/C19H19ClN6O3S/c1-3-12(20)5-4-10(2)13-6-11(8-28-13)16-23-14(29-25-16)7-26-18(27)15-17(22-9-30-15)24-19(26)21/h3-5,9,11,13H,2,6-8H2,1H3,(H2,21,24)/b5-4-,12-3+/t11-,13+/m0/s1. The van der Waals surface area contributed by atoms with Gasteiger partial charge < -0.3 is 15.0 Å². The summed E-state index contributed by atoms with van der Waals surface area (Å²) in [4.78, 5) is 25.2. The lowest BCUT2D eigenvalue weighted by Gasteiger charge is -2.08. The van der Waals surface area contributed by atoms with Crippen molar-refractivity contribution in [2.24, 2.45) is 0 Å². The van der Waals surface area contributed by atoms with Gasteiger partial charge in [0.25, 0.3) is 5.56 Å². The molecule has 156 valence electrons. The highest BCUT2D eigenvalue weighted by molar-refractivity contribution is 7.16. The van der Waals surface area contributed by atoms with Gasteiger partial charge in [0.1, 0.15) is 11.2 Å². The van der Waals surface area contributed by atoms with E-state index in [0.717, 1.165) is 5.57 Å². The van der Waals surface area contributed by atoms with E-state index < -0.39 is 0 Å². The molecule has 0 unspecified atom stereocenters. The Kier molecular flexibility index (Phi) is 5.80. The summed E-state index contributed by atoms with van der Waals surface area (Å²) in [5.41, 5.74) is 8.34. The van der Waals surface area contributed by atoms with Crippen LogP contribution >= 0.6 is 22.9 Å². The summed E-state index contributed by atoms with van der Waals surface area (Å²) in [5, 5.41) is 4.69. The van der Waals surface area contributed by atoms with Gasteiger partial charge in [0.2, 0.25) is 11.8 Å². The van der Waals surface area contributed by atoms with E-state index >= 15 is 0 Å². The van der Waals surface area contributed by atoms with Crippen molar-refractivity contribution in [2.45, 2.75) is 31.9 Å². The fourth-order valence-corrected chi connectivity index (χ4v) is 3.84. The molecule has 0 saturated carbocycles. The van der Waals surface area contributed by atoms with E-state index in [1.165, 1.54) is 15.9 Å². The lowest BCUT2D eigenvalue weighted by molar-refractivity contribution is 0.137. The molecule has 0 bridgehead atoms. The summed E-state index contributed by atoms with van der Waals surface area (Å²) in [5.74, 6) is 0.803. The van der Waals surface area contributed by atoms with Gasteiger partial charge in [-0.1, -0.05) is 35.5 Å². The predicted octanol–water partition coefficient (Wildman–Crippen LogP) is 2.99. The van der Waals surface area contributed by atoms with Gasteiger partial charge in [0.15, 0.2) is 11.5 Å². The van der Waals surface area contributed by atoms with E-state index in [-0.39, 0.29) is 36.0 Å². The number of halogens is 1. The Morgan fingerprint density at radius 2 is 2.30 bits per heavy atom. The molecule has 0 radical (unpaired) electrons. The average molecular weight is 447 g/mol. The first-order valence-electron chi connectivity index (χ1n) is 9.18. The molecular formula is C19H19ClN6O3S. The maximum absolute atomic E-state index is 12.6. The summed E-state index contributed by atoms with van der Waals surface area (Å²) < 4.78 is 12.9. The summed E-state index contributed by atoms with van der Waals surface area (Å²) in [7, 11) is 0. The number of anilines is 1. The van der Waals surface area contributed by atoms with Gasteiger partial charge >= 0.3 is 0 Å². The number of nitrogens with two attached hydrogens (primary N) is 1. The lowest BCUT2D eigenvalue weighted by Crippen LogP contribution is -2.24. The predicted molar refractivity (Wildman–Crippen MR) is 114 cm³/mol. The van der Waals surface area contributed by atoms with Crippen LogP contribution in [0.1, 0.15) is 31.0 Å². The van der Waals surface area contributed by atoms with Crippen molar-refractivity contribution in [2.75, 3.05) is 12.3 Å². The van der Waals surface area contributed by atoms with Gasteiger partial charge in [0, 0.05) is 11.0 Å². The zero-order valence-electron chi connectivity index (χ0n) is 16.1. The quantitative estimate of drug-likeness (QED) is 0.573. The number of aromatic nitrogens is 5. The zero-order chi connectivity index (χ0) is 21.3. The van der Waals surface area contributed by atoms with Crippen molar-refractivity contribution in [1.82, 2.24) is 24.7 Å². The second-order valence-corrected chi connectivity index (χ2v) is 8.04. The van der Waals surface area contributed by atoms with Crippen molar-refractivity contribution >= 4 is 39.2 Å². The Hall–Kier alpha value is -2.82. The highest BCUT2D eigenvalue weighted by Gasteiger charge is 2.31. The van der Waals surface area contributed by atoms with Crippen LogP contribution in [0.2, 0.25) is 0 Å². The minimum Gasteiger partial charge on any atom is -0.373 e. The van der Waals surface area contributed by atoms with Crippen LogP contribution < -0.4 is 11.3 Å². The summed E-state index contributed by atoms with van der Waals surface area (Å²) in [6.07, 6.45) is 5.94. The monoisotopic (exact) mass is 446 g/mol. The second kappa shape index (κ2) is 8.50. The first-order chi connectivity index (χ1) is 14.5. The molecule has 1 aliphatic heterocycles. The molecule has 0 amide bonds. The first-order valence-corrected chi connectivity index (χ1v) is 10.4. The number of thiazole rings is 1. The third-order valence-corrected chi connectivity index (χ3v) is 5.92. The third kappa shape index (κ3) is 4.07. The smallest absolute Gasteiger partial charge is 0.275 e. The van der Waals surface area contributed by atoms with Crippen molar-refractivity contribution in [3.63, 3.8) is 0 Å². The SMILES string of the molecule is C=C(/C=C\C(Cl)=C/C)[C@H]1C[C@H](c2noc(Cn3c(N)nc4ncsc4c3=O)n2)CO1. The Morgan fingerprint density at radius 1 is 1.47 bits per heavy atom. The number of rotatable bonds is 6. The van der Waals surface area contributed by atoms with E-state index in [9.17, 15) is 4.79 Å². The van der Waals surface area contributed by atoms with Crippen LogP contribution in [0.15, 0.2) is 50.2 Å². The molecule has 4 rings (SSSR count). The van der Waals surface area contributed by atoms with Crippen molar-refractivity contribution in [3.05, 3.63) is 63.0 Å². The normalized spacial score (nSPS) is 19.9. The molecule has 9 nitrogen and oxygen atoms in total. The second-order valence-electron chi connectivity index (χ2n) is 6.75. The summed E-state index contributed by atoms with van der Waals surface area (Å²) >= 11 is 7.19. The van der Waals surface area contributed by atoms with E-state index in [1.54, 1.807) is 17.7 Å². The van der Waals surface area contributed by atoms with Gasteiger partial charge in [-0.05, 0) is 25.0 Å². The number of nitrogens with zero attached hydrogens (tertiary/aromatic N) is 5. The number of nitrogen functional groups attached to an aromatic ring is 1. The van der Waals surface area contributed by atoms with Crippen LogP contribution in [-0.2, 0) is 11.3 Å². The number of hydrogen-bond donors (Lipinski definition) is 1. The van der Waals surface area contributed by atoms with Crippen LogP contribution in [0.4, 0.5) is 5.95 Å². The number of hydrogen-bond acceptors (Lipinski definition) is 9. The fourth-order valence-electron chi connectivity index (χ4n) is 3.10. The highest BCUT2D eigenvalue weighted by atomic mass is 35.5. The molecule has 3 aromatic heterocycles. The van der Waals surface area contributed by atoms with E-state index in [4.69, 9.17) is 26.6 Å². The fraction of sp³-hybridized carbons (Fsp3) is 0.316. The maximum atomic E-state index is 12.6. The minimum absolute atomic E-state index is 0.0345. The molecule has 1 saturated heterocycles. The molecule has 2 N–H and O–H groups in total. The van der Waals surface area contributed by atoms with Crippen molar-refractivity contribution < 1.29 is 9.26 Å². The summed E-state index contributed by atoms with van der Waals surface area (Å²) in [6.45, 7) is 6.39. The molecule has 3 aromatic rings. The first kappa shape index (κ1) is 20.5. The lowest BCUT2D eigenvalue weighted by atomic mass is 10.0.